The first-order valence-electron chi connectivity index (χ1n) is 10.4. The van der Waals surface area contributed by atoms with Crippen LogP contribution in [-0.2, 0) is 0 Å². The topological polar surface area (TPSA) is 58.9 Å². The molecule has 4 heteroatoms. The molecule has 0 amide bonds. The zero-order valence-electron chi connectivity index (χ0n) is 16.9. The zero-order valence-corrected chi connectivity index (χ0v) is 16.9. The fraction of sp³-hybridized carbons (Fsp3) is 0. The smallest absolute Gasteiger partial charge is 0.194 e. The minimum absolute atomic E-state index is 0.0123. The summed E-state index contributed by atoms with van der Waals surface area (Å²) in [5.74, 6) is -0.0245. The number of nitrogens with zero attached hydrogens (tertiary/aromatic N) is 2. The van der Waals surface area contributed by atoms with Crippen LogP contribution in [0.1, 0.15) is 54.1 Å². The Bertz CT molecular complexity index is 1290. The van der Waals surface area contributed by atoms with Crippen molar-refractivity contribution in [2.45, 2.75) is 0 Å². The molecule has 0 unspecified atom stereocenters. The van der Waals surface area contributed by atoms with Crippen molar-refractivity contribution < 1.29 is 9.59 Å². The second-order valence-electron chi connectivity index (χ2n) is 7.74. The van der Waals surface area contributed by atoms with Gasteiger partial charge < -0.3 is 0 Å². The van der Waals surface area contributed by atoms with Crippen LogP contribution in [0.3, 0.4) is 0 Å². The van der Waals surface area contributed by atoms with E-state index in [1.165, 1.54) is 0 Å². The van der Waals surface area contributed by atoms with Gasteiger partial charge in [0.2, 0.25) is 0 Å². The molecule has 2 aliphatic carbocycles. The average Bonchev–Trinajstić information content (AvgIpc) is 2.86. The van der Waals surface area contributed by atoms with Gasteiger partial charge in [-0.25, -0.2) is 0 Å². The van der Waals surface area contributed by atoms with Crippen molar-refractivity contribution in [2.75, 3.05) is 0 Å². The number of hydrogen-bond donors (Lipinski definition) is 0. The average molecular weight is 412 g/mol. The number of rotatable bonds is 1. The third kappa shape index (κ3) is 2.63. The second-order valence-corrected chi connectivity index (χ2v) is 7.74. The molecule has 4 nitrogen and oxygen atoms in total. The summed E-state index contributed by atoms with van der Waals surface area (Å²) in [7, 11) is 0. The van der Waals surface area contributed by atoms with E-state index >= 15 is 0 Å². The number of hydrogen-bond acceptors (Lipinski definition) is 4. The van der Waals surface area contributed by atoms with Crippen LogP contribution < -0.4 is 0 Å². The van der Waals surface area contributed by atoms with Crippen LogP contribution in [0.25, 0.3) is 0 Å². The molecule has 0 aromatic heterocycles. The summed E-state index contributed by atoms with van der Waals surface area (Å²) in [6.07, 6.45) is 0. The molecule has 4 aromatic rings. The highest BCUT2D eigenvalue weighted by Crippen LogP contribution is 2.30. The number of fused-ring (bicyclic) bond motifs is 4. The van der Waals surface area contributed by atoms with E-state index in [1.807, 2.05) is 97.1 Å². The Balaban J connectivity index is 1.61. The molecular weight excluding hydrogens is 396 g/mol. The van der Waals surface area contributed by atoms with E-state index < -0.39 is 0 Å². The van der Waals surface area contributed by atoms with Gasteiger partial charge in [-0.15, -0.1) is 10.2 Å². The lowest BCUT2D eigenvalue weighted by Crippen LogP contribution is -2.22. The van der Waals surface area contributed by atoms with E-state index in [4.69, 9.17) is 0 Å². The van der Waals surface area contributed by atoms with E-state index in [2.05, 4.69) is 10.2 Å². The second kappa shape index (κ2) is 7.06. The molecule has 32 heavy (non-hydrogen) atoms. The Labute approximate surface area is 184 Å². The largest absolute Gasteiger partial charge is 0.289 e. The van der Waals surface area contributed by atoms with Gasteiger partial charge in [0.1, 0.15) is 11.4 Å². The number of carbonyl (C=O) groups is 2. The first-order valence-corrected chi connectivity index (χ1v) is 10.4. The fourth-order valence-corrected chi connectivity index (χ4v) is 4.45. The molecule has 0 bridgehead atoms. The van der Waals surface area contributed by atoms with Crippen LogP contribution in [0.15, 0.2) is 107 Å². The molecule has 0 N–H and O–H groups in total. The highest BCUT2D eigenvalue weighted by molar-refractivity contribution is 6.32. The summed E-state index contributed by atoms with van der Waals surface area (Å²) in [4.78, 5) is 26.0. The quantitative estimate of drug-likeness (QED) is 0.354. The van der Waals surface area contributed by atoms with Gasteiger partial charge in [-0.05, 0) is 0 Å². The van der Waals surface area contributed by atoms with Gasteiger partial charge >= 0.3 is 0 Å². The summed E-state index contributed by atoms with van der Waals surface area (Å²) >= 11 is 0. The molecule has 0 spiro atoms. The van der Waals surface area contributed by atoms with Gasteiger partial charge in [0.25, 0.3) is 0 Å². The third-order valence-corrected chi connectivity index (χ3v) is 5.96. The molecule has 150 valence electrons. The molecule has 0 saturated carbocycles. The van der Waals surface area contributed by atoms with Crippen LogP contribution >= 0.6 is 0 Å². The number of ketones is 2. The minimum Gasteiger partial charge on any atom is -0.289 e. The fourth-order valence-electron chi connectivity index (χ4n) is 4.45. The van der Waals surface area contributed by atoms with Crippen LogP contribution in [0.5, 0.6) is 0 Å². The van der Waals surface area contributed by atoms with Crippen molar-refractivity contribution in [1.29, 1.82) is 0 Å². The molecule has 0 saturated heterocycles. The summed E-state index contributed by atoms with van der Waals surface area (Å²) < 4.78 is 0. The van der Waals surface area contributed by atoms with E-state index in [9.17, 15) is 9.59 Å². The molecule has 0 atom stereocenters. The van der Waals surface area contributed by atoms with Gasteiger partial charge in [0, 0.05) is 44.5 Å². The lowest BCUT2D eigenvalue weighted by Gasteiger charge is -2.21. The van der Waals surface area contributed by atoms with Crippen molar-refractivity contribution in [3.8, 4) is 0 Å². The molecule has 6 rings (SSSR count). The van der Waals surface area contributed by atoms with Crippen LogP contribution in [0, 0.1) is 0 Å². The first kappa shape index (κ1) is 18.3. The first-order chi connectivity index (χ1) is 15.7. The Morgan fingerprint density at radius 2 is 0.562 bits per heavy atom. The van der Waals surface area contributed by atoms with E-state index in [1.54, 1.807) is 0 Å². The van der Waals surface area contributed by atoms with Crippen molar-refractivity contribution in [3.05, 3.63) is 142 Å². The highest BCUT2D eigenvalue weighted by Gasteiger charge is 2.29. The van der Waals surface area contributed by atoms with E-state index in [0.717, 1.165) is 22.3 Å². The molecule has 0 fully saturated rings. The minimum atomic E-state index is -0.0123. The zero-order chi connectivity index (χ0) is 21.7. The Morgan fingerprint density at radius 3 is 0.812 bits per heavy atom. The van der Waals surface area contributed by atoms with E-state index in [-0.39, 0.29) is 11.6 Å². The lowest BCUT2D eigenvalue weighted by molar-refractivity contribution is 0.102. The number of carbonyl (C=O) groups excluding carboxylic acids is 2. The molecular formula is C28H16N2O2. The van der Waals surface area contributed by atoms with E-state index in [0.29, 0.717) is 33.7 Å². The van der Waals surface area contributed by atoms with Crippen molar-refractivity contribution in [3.63, 3.8) is 0 Å². The van der Waals surface area contributed by atoms with Gasteiger partial charge in [-0.2, -0.15) is 0 Å². The Morgan fingerprint density at radius 1 is 0.344 bits per heavy atom. The highest BCUT2D eigenvalue weighted by atomic mass is 16.1. The SMILES string of the molecule is O=C1c2ccccc2C(=NN=C2c3ccccc3C(=O)c3ccccc32)c2ccccc21. The Hall–Kier alpha value is -4.44. The maximum absolute atomic E-state index is 13.0. The van der Waals surface area contributed by atoms with Gasteiger partial charge in [-0.3, -0.25) is 9.59 Å². The van der Waals surface area contributed by atoms with Gasteiger partial charge in [0.15, 0.2) is 11.6 Å². The summed E-state index contributed by atoms with van der Waals surface area (Å²) in [5, 5.41) is 9.38. The normalized spacial score (nSPS) is 13.6. The molecule has 4 aromatic carbocycles. The van der Waals surface area contributed by atoms with Gasteiger partial charge in [-0.1, -0.05) is 97.1 Å². The summed E-state index contributed by atoms with van der Waals surface area (Å²) in [6.45, 7) is 0. The standard InChI is InChI=1S/C28H16N2O2/c31-27-21-13-5-1-9-17(21)25(18-10-2-6-14-22(18)27)29-30-26-19-11-3-7-15-23(19)28(32)24-16-8-4-12-20(24)26/h1-16H. The predicted octanol–water partition coefficient (Wildman–Crippen LogP) is 5.07. The maximum atomic E-state index is 13.0. The number of benzene rings is 4. The lowest BCUT2D eigenvalue weighted by atomic mass is 9.83. The van der Waals surface area contributed by atoms with Gasteiger partial charge in [0.05, 0.1) is 0 Å². The van der Waals surface area contributed by atoms with Crippen molar-refractivity contribution in [2.24, 2.45) is 10.2 Å². The predicted molar refractivity (Wildman–Crippen MR) is 124 cm³/mol. The monoisotopic (exact) mass is 412 g/mol. The molecule has 0 heterocycles. The Kier molecular flexibility index (Phi) is 4.05. The van der Waals surface area contributed by atoms with Crippen LogP contribution in [0.2, 0.25) is 0 Å². The summed E-state index contributed by atoms with van der Waals surface area (Å²) in [6, 6.07) is 29.9. The molecule has 2 aliphatic rings. The van der Waals surface area contributed by atoms with Crippen molar-refractivity contribution >= 4 is 23.0 Å². The third-order valence-electron chi connectivity index (χ3n) is 5.96. The summed E-state index contributed by atoms with van der Waals surface area (Å²) in [5.41, 5.74) is 6.79. The van der Waals surface area contributed by atoms with Crippen LogP contribution in [0.4, 0.5) is 0 Å². The van der Waals surface area contributed by atoms with Crippen LogP contribution in [-0.4, -0.2) is 23.0 Å². The molecule has 0 aliphatic heterocycles. The molecule has 0 radical (unpaired) electrons. The maximum Gasteiger partial charge on any atom is 0.194 e. The van der Waals surface area contributed by atoms with Crippen molar-refractivity contribution in [1.82, 2.24) is 0 Å².